The number of hydrogen-bond donors (Lipinski definition) is 0. The van der Waals surface area contributed by atoms with Gasteiger partial charge >= 0.3 is 5.97 Å². The average molecular weight is 399 g/mol. The molecule has 5 saturated carbocycles. The summed E-state index contributed by atoms with van der Waals surface area (Å²) in [6.07, 6.45) is 9.23. The van der Waals surface area contributed by atoms with Crippen LogP contribution in [-0.4, -0.2) is 23.5 Å². The first-order chi connectivity index (χ1) is 13.7. The number of hydrogen-bond acceptors (Lipinski definition) is 3. The van der Waals surface area contributed by atoms with Crippen LogP contribution in [0.15, 0.2) is 11.6 Å². The third-order valence-corrected chi connectivity index (χ3v) is 11.3. The van der Waals surface area contributed by atoms with E-state index in [1.807, 2.05) is 6.08 Å². The lowest BCUT2D eigenvalue weighted by Gasteiger charge is -2.62. The maximum absolute atomic E-state index is 16.3. The molecule has 0 radical (unpaired) electrons. The van der Waals surface area contributed by atoms with E-state index in [-0.39, 0.29) is 34.1 Å². The molecule has 29 heavy (non-hydrogen) atoms. The van der Waals surface area contributed by atoms with Gasteiger partial charge in [0.05, 0.1) is 0 Å². The summed E-state index contributed by atoms with van der Waals surface area (Å²) in [4.78, 5) is 24.7. The normalized spacial score (nSPS) is 58.2. The minimum atomic E-state index is -0.866. The Labute approximate surface area is 171 Å². The zero-order valence-electron chi connectivity index (χ0n) is 17.5. The molecule has 7 aliphatic rings. The highest BCUT2D eigenvalue weighted by Crippen LogP contribution is 2.79. The topological polar surface area (TPSA) is 43.4 Å². The van der Waals surface area contributed by atoms with E-state index in [4.69, 9.17) is 4.74 Å². The molecule has 3 nitrogen and oxygen atoms in total. The fourth-order valence-corrected chi connectivity index (χ4v) is 9.81. The van der Waals surface area contributed by atoms with Crippen molar-refractivity contribution in [2.45, 2.75) is 83.4 Å². The number of ether oxygens (including phenoxy) is 1. The maximum Gasteiger partial charge on any atom is 0.306 e. The van der Waals surface area contributed by atoms with Gasteiger partial charge < -0.3 is 4.74 Å². The number of esters is 1. The van der Waals surface area contributed by atoms with Gasteiger partial charge in [-0.2, -0.15) is 0 Å². The highest BCUT2D eigenvalue weighted by molar-refractivity contribution is 5.96. The van der Waals surface area contributed by atoms with Crippen molar-refractivity contribution in [3.63, 3.8) is 0 Å². The summed E-state index contributed by atoms with van der Waals surface area (Å²) >= 11 is 0. The zero-order chi connectivity index (χ0) is 20.0. The molecule has 6 aliphatic carbocycles. The van der Waals surface area contributed by atoms with Crippen LogP contribution >= 0.6 is 0 Å². The molecular formula is C25H31FO3. The molecule has 0 N–H and O–H groups in total. The zero-order valence-corrected chi connectivity index (χ0v) is 17.5. The Hall–Kier alpha value is -1.19. The van der Waals surface area contributed by atoms with Crippen LogP contribution in [0.5, 0.6) is 0 Å². The lowest BCUT2D eigenvalue weighted by Crippen LogP contribution is -2.61. The van der Waals surface area contributed by atoms with Crippen LogP contribution in [0.2, 0.25) is 0 Å². The highest BCUT2D eigenvalue weighted by Gasteiger charge is 2.76. The van der Waals surface area contributed by atoms with E-state index in [1.165, 1.54) is 18.4 Å². The van der Waals surface area contributed by atoms with E-state index < -0.39 is 11.8 Å². The van der Waals surface area contributed by atoms with Gasteiger partial charge in [0.1, 0.15) is 11.8 Å². The van der Waals surface area contributed by atoms with E-state index in [0.29, 0.717) is 36.4 Å². The molecule has 156 valence electrons. The number of carbonyl (C=O) groups excluding carboxylic acids is 2. The van der Waals surface area contributed by atoms with Crippen LogP contribution in [-0.2, 0) is 14.3 Å². The molecule has 0 amide bonds. The first-order valence-electron chi connectivity index (χ1n) is 11.9. The average Bonchev–Trinajstić information content (AvgIpc) is 3.55. The summed E-state index contributed by atoms with van der Waals surface area (Å²) in [6.45, 7) is 4.56. The van der Waals surface area contributed by atoms with E-state index in [2.05, 4.69) is 13.8 Å². The number of halogens is 1. The second-order valence-corrected chi connectivity index (χ2v) is 12.1. The largest absolute Gasteiger partial charge is 0.458 e. The molecule has 0 bridgehead atoms. The van der Waals surface area contributed by atoms with Crippen molar-refractivity contribution in [2.75, 3.05) is 0 Å². The number of carbonyl (C=O) groups is 2. The van der Waals surface area contributed by atoms with Crippen LogP contribution in [0.4, 0.5) is 4.39 Å². The van der Waals surface area contributed by atoms with E-state index >= 15 is 4.39 Å². The highest BCUT2D eigenvalue weighted by atomic mass is 19.1. The van der Waals surface area contributed by atoms with Crippen molar-refractivity contribution in [2.24, 2.45) is 45.8 Å². The predicted molar refractivity (Wildman–Crippen MR) is 104 cm³/mol. The van der Waals surface area contributed by atoms with Gasteiger partial charge in [-0.05, 0) is 86.0 Å². The predicted octanol–water partition coefficient (Wildman–Crippen LogP) is 4.79. The second-order valence-electron chi connectivity index (χ2n) is 12.1. The van der Waals surface area contributed by atoms with E-state index in [0.717, 1.165) is 32.1 Å². The summed E-state index contributed by atoms with van der Waals surface area (Å²) in [7, 11) is 0. The monoisotopic (exact) mass is 398 g/mol. The van der Waals surface area contributed by atoms with Gasteiger partial charge in [-0.3, -0.25) is 9.59 Å². The van der Waals surface area contributed by atoms with E-state index in [1.54, 1.807) is 0 Å². The lowest BCUT2D eigenvalue weighted by molar-refractivity contribution is -0.180. The van der Waals surface area contributed by atoms with Gasteiger partial charge in [-0.1, -0.05) is 19.4 Å². The smallest absolute Gasteiger partial charge is 0.306 e. The van der Waals surface area contributed by atoms with Crippen molar-refractivity contribution in [1.82, 2.24) is 0 Å². The van der Waals surface area contributed by atoms with Crippen LogP contribution in [0, 0.1) is 45.8 Å². The van der Waals surface area contributed by atoms with Crippen LogP contribution in [0.3, 0.4) is 0 Å². The third kappa shape index (κ3) is 1.80. The molecule has 1 saturated heterocycles. The molecule has 0 aromatic carbocycles. The number of allylic oxidation sites excluding steroid dienone is 1. The Kier molecular flexibility index (Phi) is 2.91. The van der Waals surface area contributed by atoms with Crippen LogP contribution in [0.1, 0.15) is 71.6 Å². The molecule has 9 atom stereocenters. The van der Waals surface area contributed by atoms with Crippen molar-refractivity contribution in [3.8, 4) is 0 Å². The summed E-state index contributed by atoms with van der Waals surface area (Å²) in [6, 6.07) is 0. The van der Waals surface area contributed by atoms with Gasteiger partial charge in [0, 0.05) is 23.7 Å². The van der Waals surface area contributed by atoms with Gasteiger partial charge in [0.25, 0.3) is 0 Å². The molecule has 7 rings (SSSR count). The molecule has 5 unspecified atom stereocenters. The van der Waals surface area contributed by atoms with Crippen molar-refractivity contribution < 1.29 is 18.7 Å². The molecule has 0 aromatic heterocycles. The molecule has 2 spiro atoms. The standard InChI is InChI=1S/C25H31FO3/c1-22-12-17(26)21-14(15(22)3-5-25(22)6-4-20(28)29-25)11-24(7-8-24)19-10-18(27)13-9-16(13)23(19,21)2/h10,13-17,21H,3-9,11-12H2,1-2H3/t13?,14?,15?,16-,17?,21?,22-,23-,25+/m0/s1. The number of alkyl halides is 1. The Bertz CT molecular complexity index is 888. The second kappa shape index (κ2) is 4.83. The quantitative estimate of drug-likeness (QED) is 0.551. The molecular weight excluding hydrogens is 367 g/mol. The summed E-state index contributed by atoms with van der Waals surface area (Å²) in [5, 5.41) is 0. The number of rotatable bonds is 0. The van der Waals surface area contributed by atoms with Crippen molar-refractivity contribution in [3.05, 3.63) is 11.6 Å². The molecule has 4 heteroatoms. The molecule has 0 aromatic rings. The minimum Gasteiger partial charge on any atom is -0.458 e. The first kappa shape index (κ1) is 17.5. The maximum atomic E-state index is 16.3. The fourth-order valence-electron chi connectivity index (χ4n) is 9.81. The fraction of sp³-hybridized carbons (Fsp3) is 0.840. The Morgan fingerprint density at radius 1 is 1.07 bits per heavy atom. The van der Waals surface area contributed by atoms with Crippen LogP contribution < -0.4 is 0 Å². The molecule has 6 fully saturated rings. The van der Waals surface area contributed by atoms with Gasteiger partial charge in [-0.15, -0.1) is 0 Å². The van der Waals surface area contributed by atoms with Gasteiger partial charge in [-0.25, -0.2) is 4.39 Å². The molecule has 1 heterocycles. The van der Waals surface area contributed by atoms with E-state index in [9.17, 15) is 9.59 Å². The summed E-state index contributed by atoms with van der Waals surface area (Å²) in [5.74, 6) is 1.59. The van der Waals surface area contributed by atoms with Gasteiger partial charge in [0.15, 0.2) is 5.78 Å². The third-order valence-electron chi connectivity index (χ3n) is 11.3. The number of ketones is 1. The summed E-state index contributed by atoms with van der Waals surface area (Å²) < 4.78 is 22.3. The Morgan fingerprint density at radius 3 is 2.55 bits per heavy atom. The Morgan fingerprint density at radius 2 is 1.86 bits per heavy atom. The lowest BCUT2D eigenvalue weighted by atomic mass is 9.43. The number of fused-ring (bicyclic) bond motifs is 9. The van der Waals surface area contributed by atoms with Crippen molar-refractivity contribution in [1.29, 1.82) is 0 Å². The molecule has 1 aliphatic heterocycles. The Balaban J connectivity index is 1.35. The van der Waals surface area contributed by atoms with Crippen LogP contribution in [0.25, 0.3) is 0 Å². The van der Waals surface area contributed by atoms with Gasteiger partial charge in [0.2, 0.25) is 0 Å². The SMILES string of the molecule is C[C@@]12C(=CC(=O)C3C[C@@H]31)C1(CC1)CC1C2C(F)C[C@@]2(C)C1CC[C@@]21CCC(=O)O1. The minimum absolute atomic E-state index is 0.0356. The van der Waals surface area contributed by atoms with Crippen molar-refractivity contribution >= 4 is 11.8 Å². The summed E-state index contributed by atoms with van der Waals surface area (Å²) in [5.41, 5.74) is 0.699. The first-order valence-corrected chi connectivity index (χ1v) is 11.9.